The molecule has 0 aliphatic rings. The number of hydrogen-bond donors (Lipinski definition) is 0. The van der Waals surface area contributed by atoms with Gasteiger partial charge >= 0.3 is 0 Å². The molecule has 0 aliphatic carbocycles. The Kier molecular flexibility index (Phi) is 3.02. The van der Waals surface area contributed by atoms with Crippen molar-refractivity contribution in [3.63, 3.8) is 0 Å². The van der Waals surface area contributed by atoms with E-state index in [2.05, 4.69) is 32.7 Å². The summed E-state index contributed by atoms with van der Waals surface area (Å²) < 4.78 is 6.08. The molecule has 0 amide bonds. The van der Waals surface area contributed by atoms with E-state index in [1.807, 2.05) is 24.3 Å². The molecular weight excluding hydrogens is 314 g/mol. The lowest BCUT2D eigenvalue weighted by molar-refractivity contribution is 0.391. The van der Waals surface area contributed by atoms with Crippen LogP contribution in [0.3, 0.4) is 0 Å². The van der Waals surface area contributed by atoms with E-state index in [1.165, 1.54) is 3.57 Å². The topological polar surface area (TPSA) is 38.9 Å². The van der Waals surface area contributed by atoms with Crippen LogP contribution < -0.4 is 0 Å². The molecule has 0 N–H and O–H groups in total. The molecule has 0 aliphatic heterocycles. The Morgan fingerprint density at radius 1 is 1.29 bits per heavy atom. The minimum Gasteiger partial charge on any atom is -0.338 e. The van der Waals surface area contributed by atoms with Gasteiger partial charge in [0, 0.05) is 9.13 Å². The van der Waals surface area contributed by atoms with Crippen LogP contribution in [0.5, 0.6) is 0 Å². The quantitative estimate of drug-likeness (QED) is 0.630. The van der Waals surface area contributed by atoms with Crippen molar-refractivity contribution in [3.05, 3.63) is 33.7 Å². The average molecular weight is 321 g/mol. The number of rotatable bonds is 2. The lowest BCUT2D eigenvalue weighted by Crippen LogP contribution is -1.81. The van der Waals surface area contributed by atoms with Crippen LogP contribution in [0.25, 0.3) is 11.4 Å². The molecule has 2 rings (SSSR count). The maximum absolute atomic E-state index is 5.56. The highest BCUT2D eigenvalue weighted by molar-refractivity contribution is 14.1. The van der Waals surface area contributed by atoms with Gasteiger partial charge in [0.1, 0.15) is 5.88 Å². The van der Waals surface area contributed by atoms with E-state index in [-0.39, 0.29) is 5.88 Å². The maximum Gasteiger partial charge on any atom is 0.241 e. The van der Waals surface area contributed by atoms with Crippen LogP contribution in [0.4, 0.5) is 0 Å². The Morgan fingerprint density at radius 3 is 2.57 bits per heavy atom. The largest absolute Gasteiger partial charge is 0.338 e. The number of hydrogen-bond acceptors (Lipinski definition) is 3. The van der Waals surface area contributed by atoms with Crippen molar-refractivity contribution in [3.8, 4) is 11.4 Å². The standard InChI is InChI=1S/C9H6ClIN2O/c10-5-8-12-9(13-14-8)6-1-3-7(11)4-2-6/h1-4H,5H2. The monoisotopic (exact) mass is 320 g/mol. The molecule has 1 heterocycles. The van der Waals surface area contributed by atoms with Crippen LogP contribution in [0.1, 0.15) is 5.89 Å². The number of nitrogens with zero attached hydrogens (tertiary/aromatic N) is 2. The Hall–Kier alpha value is -0.620. The third-order valence-electron chi connectivity index (χ3n) is 1.68. The molecule has 0 fully saturated rings. The average Bonchev–Trinajstić information content (AvgIpc) is 2.67. The van der Waals surface area contributed by atoms with Crippen molar-refractivity contribution in [2.45, 2.75) is 5.88 Å². The molecular formula is C9H6ClIN2O. The second kappa shape index (κ2) is 4.27. The highest BCUT2D eigenvalue weighted by atomic mass is 127. The van der Waals surface area contributed by atoms with Gasteiger partial charge in [-0.05, 0) is 34.7 Å². The lowest BCUT2D eigenvalue weighted by Gasteiger charge is -1.93. The summed E-state index contributed by atoms with van der Waals surface area (Å²) in [7, 11) is 0. The molecule has 1 aromatic heterocycles. The molecule has 0 unspecified atom stereocenters. The first-order valence-electron chi connectivity index (χ1n) is 3.94. The van der Waals surface area contributed by atoms with E-state index < -0.39 is 0 Å². The predicted octanol–water partition coefficient (Wildman–Crippen LogP) is 3.08. The summed E-state index contributed by atoms with van der Waals surface area (Å²) in [5.74, 6) is 1.27. The summed E-state index contributed by atoms with van der Waals surface area (Å²) in [5.41, 5.74) is 0.936. The van der Waals surface area contributed by atoms with Gasteiger partial charge in [-0.15, -0.1) is 11.6 Å². The van der Waals surface area contributed by atoms with Crippen LogP contribution >= 0.6 is 34.2 Å². The van der Waals surface area contributed by atoms with Crippen molar-refractivity contribution in [1.29, 1.82) is 0 Å². The highest BCUT2D eigenvalue weighted by Gasteiger charge is 2.06. The van der Waals surface area contributed by atoms with Gasteiger partial charge in [0.25, 0.3) is 0 Å². The van der Waals surface area contributed by atoms with E-state index >= 15 is 0 Å². The molecule has 0 saturated heterocycles. The zero-order valence-corrected chi connectivity index (χ0v) is 9.99. The third-order valence-corrected chi connectivity index (χ3v) is 2.63. The zero-order chi connectivity index (χ0) is 9.97. The molecule has 0 bridgehead atoms. The molecule has 0 radical (unpaired) electrons. The highest BCUT2D eigenvalue weighted by Crippen LogP contribution is 2.17. The number of alkyl halides is 1. The fourth-order valence-corrected chi connectivity index (χ4v) is 1.49. The molecule has 14 heavy (non-hydrogen) atoms. The van der Waals surface area contributed by atoms with Gasteiger partial charge in [0.05, 0.1) is 0 Å². The van der Waals surface area contributed by atoms with Crippen molar-refractivity contribution in [2.75, 3.05) is 0 Å². The van der Waals surface area contributed by atoms with E-state index in [9.17, 15) is 0 Å². The van der Waals surface area contributed by atoms with Crippen molar-refractivity contribution in [2.24, 2.45) is 0 Å². The van der Waals surface area contributed by atoms with Gasteiger partial charge in [-0.3, -0.25) is 0 Å². The fraction of sp³-hybridized carbons (Fsp3) is 0.111. The molecule has 3 nitrogen and oxygen atoms in total. The maximum atomic E-state index is 5.56. The summed E-state index contributed by atoms with van der Waals surface area (Å²) in [6.45, 7) is 0. The molecule has 72 valence electrons. The van der Waals surface area contributed by atoms with Gasteiger partial charge in [-0.1, -0.05) is 17.3 Å². The number of benzene rings is 1. The van der Waals surface area contributed by atoms with Crippen LogP contribution in [-0.2, 0) is 5.88 Å². The second-order valence-electron chi connectivity index (χ2n) is 2.65. The first kappa shape index (κ1) is 9.92. The van der Waals surface area contributed by atoms with E-state index in [0.29, 0.717) is 11.7 Å². The SMILES string of the molecule is ClCc1nc(-c2ccc(I)cc2)no1. The molecule has 0 atom stereocenters. The Balaban J connectivity index is 2.34. The Morgan fingerprint density at radius 2 is 2.00 bits per heavy atom. The summed E-state index contributed by atoms with van der Waals surface area (Å²) in [6.07, 6.45) is 0. The Labute approximate surface area is 99.6 Å². The van der Waals surface area contributed by atoms with Crippen LogP contribution in [0.2, 0.25) is 0 Å². The summed E-state index contributed by atoms with van der Waals surface area (Å²) in [6, 6.07) is 7.88. The summed E-state index contributed by atoms with van der Waals surface area (Å²) in [4.78, 5) is 4.12. The summed E-state index contributed by atoms with van der Waals surface area (Å²) >= 11 is 7.80. The van der Waals surface area contributed by atoms with Gasteiger partial charge in [-0.2, -0.15) is 4.98 Å². The van der Waals surface area contributed by atoms with Gasteiger partial charge in [0.2, 0.25) is 11.7 Å². The van der Waals surface area contributed by atoms with E-state index in [1.54, 1.807) is 0 Å². The van der Waals surface area contributed by atoms with Gasteiger partial charge in [0.15, 0.2) is 0 Å². The molecule has 5 heteroatoms. The normalized spacial score (nSPS) is 10.4. The molecule has 2 aromatic rings. The smallest absolute Gasteiger partial charge is 0.241 e. The van der Waals surface area contributed by atoms with Crippen LogP contribution in [-0.4, -0.2) is 10.1 Å². The fourth-order valence-electron chi connectivity index (χ4n) is 1.03. The van der Waals surface area contributed by atoms with Crippen molar-refractivity contribution < 1.29 is 4.52 Å². The van der Waals surface area contributed by atoms with Gasteiger partial charge < -0.3 is 4.52 Å². The summed E-state index contributed by atoms with van der Waals surface area (Å²) in [5, 5.41) is 3.81. The third kappa shape index (κ3) is 2.06. The molecule has 0 spiro atoms. The van der Waals surface area contributed by atoms with E-state index in [0.717, 1.165) is 5.56 Å². The second-order valence-corrected chi connectivity index (χ2v) is 4.17. The van der Waals surface area contributed by atoms with E-state index in [4.69, 9.17) is 16.1 Å². The van der Waals surface area contributed by atoms with Crippen molar-refractivity contribution >= 4 is 34.2 Å². The lowest BCUT2D eigenvalue weighted by atomic mass is 10.2. The first-order chi connectivity index (χ1) is 6.79. The predicted molar refractivity (Wildman–Crippen MR) is 62.0 cm³/mol. The number of aromatic nitrogens is 2. The number of halogens is 2. The molecule has 0 saturated carbocycles. The van der Waals surface area contributed by atoms with Gasteiger partial charge in [-0.25, -0.2) is 0 Å². The first-order valence-corrected chi connectivity index (χ1v) is 5.55. The minimum absolute atomic E-state index is 0.247. The Bertz CT molecular complexity index is 427. The van der Waals surface area contributed by atoms with Crippen molar-refractivity contribution in [1.82, 2.24) is 10.1 Å². The van der Waals surface area contributed by atoms with Crippen LogP contribution in [0, 0.1) is 3.57 Å². The minimum atomic E-state index is 0.247. The molecule has 1 aromatic carbocycles. The van der Waals surface area contributed by atoms with Crippen LogP contribution in [0.15, 0.2) is 28.8 Å². The zero-order valence-electron chi connectivity index (χ0n) is 7.08.